The van der Waals surface area contributed by atoms with Gasteiger partial charge in [-0.15, -0.1) is 0 Å². The first-order valence-electron chi connectivity index (χ1n) is 7.38. The molecule has 0 unspecified atom stereocenters. The molecule has 0 aliphatic rings. The number of para-hydroxylation sites is 1. The van der Waals surface area contributed by atoms with Crippen molar-refractivity contribution in [2.45, 2.75) is 10.6 Å². The molecule has 0 aliphatic carbocycles. The van der Waals surface area contributed by atoms with Crippen molar-refractivity contribution >= 4 is 26.7 Å². The second-order valence-electron chi connectivity index (χ2n) is 5.47. The summed E-state index contributed by atoms with van der Waals surface area (Å²) in [6.07, 6.45) is 1.51. The smallest absolute Gasteiger partial charge is 0.335 e. The Kier molecular flexibility index (Phi) is 4.41. The SMILES string of the molecule is COc1ccc(C(=O)O)cc1S(=O)(=O)Cc1cnc2ccccc2c1. The Balaban J connectivity index is 2.03. The third-order valence-electron chi connectivity index (χ3n) is 3.75. The molecule has 0 amide bonds. The first-order chi connectivity index (χ1) is 11.9. The van der Waals surface area contributed by atoms with Gasteiger partial charge in [0, 0.05) is 11.6 Å². The van der Waals surface area contributed by atoms with Gasteiger partial charge in [-0.2, -0.15) is 0 Å². The molecule has 1 heterocycles. The molecule has 0 aliphatic heterocycles. The molecule has 0 fully saturated rings. The lowest BCUT2D eigenvalue weighted by molar-refractivity contribution is 0.0696. The van der Waals surface area contributed by atoms with Gasteiger partial charge < -0.3 is 9.84 Å². The maximum atomic E-state index is 12.8. The van der Waals surface area contributed by atoms with Crippen LogP contribution >= 0.6 is 0 Å². The number of sulfone groups is 1. The van der Waals surface area contributed by atoms with Crippen LogP contribution in [0, 0.1) is 0 Å². The Morgan fingerprint density at radius 3 is 2.64 bits per heavy atom. The van der Waals surface area contributed by atoms with E-state index < -0.39 is 15.8 Å². The van der Waals surface area contributed by atoms with Gasteiger partial charge >= 0.3 is 5.97 Å². The van der Waals surface area contributed by atoms with E-state index in [0.29, 0.717) is 5.56 Å². The van der Waals surface area contributed by atoms with Gasteiger partial charge in [0.05, 0.1) is 23.9 Å². The maximum absolute atomic E-state index is 12.8. The van der Waals surface area contributed by atoms with Gasteiger partial charge in [0.15, 0.2) is 9.84 Å². The number of carboxylic acids is 1. The number of hydrogen-bond donors (Lipinski definition) is 1. The van der Waals surface area contributed by atoms with Crippen LogP contribution in [0.3, 0.4) is 0 Å². The Bertz CT molecular complexity index is 1060. The summed E-state index contributed by atoms with van der Waals surface area (Å²) in [5, 5.41) is 9.94. The lowest BCUT2D eigenvalue weighted by Gasteiger charge is -2.11. The largest absolute Gasteiger partial charge is 0.495 e. The number of pyridine rings is 1. The molecule has 128 valence electrons. The van der Waals surface area contributed by atoms with Gasteiger partial charge in [0.1, 0.15) is 10.6 Å². The first-order valence-corrected chi connectivity index (χ1v) is 9.04. The van der Waals surface area contributed by atoms with Gasteiger partial charge in [-0.05, 0) is 35.9 Å². The molecule has 3 aromatic rings. The molecular weight excluding hydrogens is 342 g/mol. The van der Waals surface area contributed by atoms with Crippen LogP contribution in [-0.2, 0) is 15.6 Å². The van der Waals surface area contributed by atoms with E-state index in [1.807, 2.05) is 24.3 Å². The second-order valence-corrected chi connectivity index (χ2v) is 7.42. The maximum Gasteiger partial charge on any atom is 0.335 e. The third kappa shape index (κ3) is 3.46. The van der Waals surface area contributed by atoms with E-state index in [9.17, 15) is 13.2 Å². The Morgan fingerprint density at radius 1 is 1.16 bits per heavy atom. The van der Waals surface area contributed by atoms with E-state index >= 15 is 0 Å². The molecule has 1 aromatic heterocycles. The number of aromatic nitrogens is 1. The molecule has 2 aromatic carbocycles. The second kappa shape index (κ2) is 6.52. The van der Waals surface area contributed by atoms with Crippen LogP contribution in [0.15, 0.2) is 59.6 Å². The highest BCUT2D eigenvalue weighted by Crippen LogP contribution is 2.28. The zero-order valence-corrected chi connectivity index (χ0v) is 14.2. The zero-order chi connectivity index (χ0) is 18.0. The van der Waals surface area contributed by atoms with E-state index in [-0.39, 0.29) is 22.0 Å². The molecule has 0 saturated carbocycles. The topological polar surface area (TPSA) is 93.6 Å². The summed E-state index contributed by atoms with van der Waals surface area (Å²) in [4.78, 5) is 15.2. The number of aromatic carboxylic acids is 1. The average Bonchev–Trinajstić information content (AvgIpc) is 2.60. The van der Waals surface area contributed by atoms with Gasteiger partial charge in [0.25, 0.3) is 0 Å². The van der Waals surface area contributed by atoms with Crippen LogP contribution in [0.1, 0.15) is 15.9 Å². The van der Waals surface area contributed by atoms with Gasteiger partial charge in [-0.1, -0.05) is 18.2 Å². The predicted octanol–water partition coefficient (Wildman–Crippen LogP) is 2.92. The number of methoxy groups -OCH3 is 1. The minimum Gasteiger partial charge on any atom is -0.495 e. The van der Waals surface area contributed by atoms with Crippen molar-refractivity contribution in [2.75, 3.05) is 7.11 Å². The Labute approximate surface area is 144 Å². The van der Waals surface area contributed by atoms with Crippen molar-refractivity contribution in [1.29, 1.82) is 0 Å². The average molecular weight is 357 g/mol. The monoisotopic (exact) mass is 357 g/mol. The quantitative estimate of drug-likeness (QED) is 0.755. The fraction of sp³-hybridized carbons (Fsp3) is 0.111. The van der Waals surface area contributed by atoms with E-state index in [2.05, 4.69) is 4.98 Å². The van der Waals surface area contributed by atoms with Crippen LogP contribution in [0.5, 0.6) is 5.75 Å². The van der Waals surface area contributed by atoms with E-state index in [4.69, 9.17) is 9.84 Å². The Hall–Kier alpha value is -2.93. The summed E-state index contributed by atoms with van der Waals surface area (Å²) < 4.78 is 30.7. The van der Waals surface area contributed by atoms with Crippen LogP contribution in [0.25, 0.3) is 10.9 Å². The number of carbonyl (C=O) groups is 1. The van der Waals surface area contributed by atoms with Crippen molar-refractivity contribution in [3.05, 3.63) is 65.9 Å². The van der Waals surface area contributed by atoms with Gasteiger partial charge in [-0.25, -0.2) is 13.2 Å². The minimum atomic E-state index is -3.81. The molecule has 0 atom stereocenters. The number of benzene rings is 2. The molecule has 25 heavy (non-hydrogen) atoms. The summed E-state index contributed by atoms with van der Waals surface area (Å²) >= 11 is 0. The molecule has 0 radical (unpaired) electrons. The number of rotatable bonds is 5. The predicted molar refractivity (Wildman–Crippen MR) is 92.6 cm³/mol. The van der Waals surface area contributed by atoms with Crippen LogP contribution in [-0.4, -0.2) is 31.6 Å². The molecule has 1 N–H and O–H groups in total. The van der Waals surface area contributed by atoms with Crippen LogP contribution < -0.4 is 4.74 Å². The lowest BCUT2D eigenvalue weighted by Crippen LogP contribution is -2.09. The highest BCUT2D eigenvalue weighted by Gasteiger charge is 2.22. The van der Waals surface area contributed by atoms with Crippen molar-refractivity contribution in [3.63, 3.8) is 0 Å². The number of hydrogen-bond acceptors (Lipinski definition) is 5. The fourth-order valence-corrected chi connectivity index (χ4v) is 4.06. The molecule has 7 heteroatoms. The van der Waals surface area contributed by atoms with E-state index in [1.165, 1.54) is 25.4 Å². The zero-order valence-electron chi connectivity index (χ0n) is 13.3. The third-order valence-corrected chi connectivity index (χ3v) is 5.45. The molecule has 3 rings (SSSR count). The van der Waals surface area contributed by atoms with Crippen molar-refractivity contribution in [3.8, 4) is 5.75 Å². The minimum absolute atomic E-state index is 0.110. The summed E-state index contributed by atoms with van der Waals surface area (Å²) in [6, 6.07) is 12.9. The van der Waals surface area contributed by atoms with E-state index in [1.54, 1.807) is 6.07 Å². The van der Waals surface area contributed by atoms with Crippen molar-refractivity contribution in [1.82, 2.24) is 4.98 Å². The number of ether oxygens (including phenoxy) is 1. The van der Waals surface area contributed by atoms with Gasteiger partial charge in [0.2, 0.25) is 0 Å². The lowest BCUT2D eigenvalue weighted by atomic mass is 10.2. The normalized spacial score (nSPS) is 11.4. The van der Waals surface area contributed by atoms with Crippen LogP contribution in [0.2, 0.25) is 0 Å². The van der Waals surface area contributed by atoms with Gasteiger partial charge in [-0.3, -0.25) is 4.98 Å². The number of carboxylic acid groups (broad SMARTS) is 1. The molecule has 0 spiro atoms. The number of nitrogens with zero attached hydrogens (tertiary/aromatic N) is 1. The molecular formula is C18H15NO5S. The summed E-state index contributed by atoms with van der Waals surface area (Å²) in [6.45, 7) is 0. The molecule has 0 bridgehead atoms. The highest BCUT2D eigenvalue weighted by atomic mass is 32.2. The summed E-state index contributed by atoms with van der Waals surface area (Å²) in [7, 11) is -2.47. The first kappa shape index (κ1) is 16.9. The fourth-order valence-electron chi connectivity index (χ4n) is 2.55. The van der Waals surface area contributed by atoms with E-state index in [0.717, 1.165) is 17.0 Å². The van der Waals surface area contributed by atoms with Crippen molar-refractivity contribution in [2.24, 2.45) is 0 Å². The molecule has 6 nitrogen and oxygen atoms in total. The molecule has 0 saturated heterocycles. The summed E-state index contributed by atoms with van der Waals surface area (Å²) in [5.74, 6) is -1.39. The highest BCUT2D eigenvalue weighted by molar-refractivity contribution is 7.90. The Morgan fingerprint density at radius 2 is 1.92 bits per heavy atom. The number of fused-ring (bicyclic) bond motifs is 1. The summed E-state index contributed by atoms with van der Waals surface area (Å²) in [5.41, 5.74) is 1.17. The van der Waals surface area contributed by atoms with Crippen LogP contribution in [0.4, 0.5) is 0 Å². The van der Waals surface area contributed by atoms with Crippen molar-refractivity contribution < 1.29 is 23.1 Å². The standard InChI is InChI=1S/C18H15NO5S/c1-24-16-7-6-14(18(20)21)9-17(16)25(22,23)11-12-8-13-4-2-3-5-15(13)19-10-12/h2-10H,11H2,1H3,(H,20,21).